The van der Waals surface area contributed by atoms with Crippen LogP contribution in [0.2, 0.25) is 0 Å². The lowest BCUT2D eigenvalue weighted by Crippen LogP contribution is -2.31. The van der Waals surface area contributed by atoms with Crippen LogP contribution in [-0.2, 0) is 40.0 Å². The van der Waals surface area contributed by atoms with Crippen LogP contribution in [0.4, 0.5) is 0 Å². The second-order valence-electron chi connectivity index (χ2n) is 7.26. The average Bonchev–Trinajstić information content (AvgIpc) is 3.38. The summed E-state index contributed by atoms with van der Waals surface area (Å²) in [4.78, 5) is 15.3. The first-order chi connectivity index (χ1) is 13.0. The molecule has 1 aliphatic carbocycles. The summed E-state index contributed by atoms with van der Waals surface area (Å²) >= 11 is 0. The average molecular weight is 367 g/mol. The Kier molecular flexibility index (Phi) is 4.37. The SMILES string of the molecule is Cc1nn(C)c(C)c1C(=O)N(Cc1ccco1)Cc1nn(C)c2c1CCC2. The van der Waals surface area contributed by atoms with Gasteiger partial charge in [0, 0.05) is 25.5 Å². The van der Waals surface area contributed by atoms with Crippen molar-refractivity contribution in [3.8, 4) is 0 Å². The summed E-state index contributed by atoms with van der Waals surface area (Å²) in [7, 11) is 3.85. The molecular weight excluding hydrogens is 342 g/mol. The van der Waals surface area contributed by atoms with E-state index in [1.807, 2.05) is 49.7 Å². The normalized spacial score (nSPS) is 13.2. The third-order valence-electron chi connectivity index (χ3n) is 5.48. The van der Waals surface area contributed by atoms with Crippen molar-refractivity contribution in [2.45, 2.75) is 46.2 Å². The van der Waals surface area contributed by atoms with Gasteiger partial charge in [0.15, 0.2) is 0 Å². The fourth-order valence-corrected chi connectivity index (χ4v) is 4.04. The first-order valence-corrected chi connectivity index (χ1v) is 9.31. The van der Waals surface area contributed by atoms with Crippen LogP contribution in [0, 0.1) is 13.8 Å². The minimum Gasteiger partial charge on any atom is -0.467 e. The zero-order chi connectivity index (χ0) is 19.1. The Bertz CT molecular complexity index is 981. The van der Waals surface area contributed by atoms with Crippen LogP contribution in [0.15, 0.2) is 22.8 Å². The molecule has 1 amide bonds. The maximum Gasteiger partial charge on any atom is 0.258 e. The number of carbonyl (C=O) groups is 1. The van der Waals surface area contributed by atoms with Crippen LogP contribution in [0.3, 0.4) is 0 Å². The summed E-state index contributed by atoms with van der Waals surface area (Å²) in [6, 6.07) is 3.74. The Labute approximate surface area is 158 Å². The van der Waals surface area contributed by atoms with Crippen molar-refractivity contribution in [1.82, 2.24) is 24.5 Å². The lowest BCUT2D eigenvalue weighted by Gasteiger charge is -2.21. The monoisotopic (exact) mass is 367 g/mol. The first kappa shape index (κ1) is 17.6. The van der Waals surface area contributed by atoms with E-state index in [9.17, 15) is 4.79 Å². The quantitative estimate of drug-likeness (QED) is 0.695. The van der Waals surface area contributed by atoms with Crippen molar-refractivity contribution in [1.29, 1.82) is 0 Å². The van der Waals surface area contributed by atoms with Crippen molar-refractivity contribution < 1.29 is 9.21 Å². The van der Waals surface area contributed by atoms with Crippen molar-refractivity contribution in [2.24, 2.45) is 14.1 Å². The molecule has 0 atom stereocenters. The molecular formula is C20H25N5O2. The van der Waals surface area contributed by atoms with Crippen molar-refractivity contribution >= 4 is 5.91 Å². The Morgan fingerprint density at radius 1 is 1.19 bits per heavy atom. The fourth-order valence-electron chi connectivity index (χ4n) is 4.04. The van der Waals surface area contributed by atoms with Crippen LogP contribution >= 0.6 is 0 Å². The molecule has 0 spiro atoms. The summed E-state index contributed by atoms with van der Waals surface area (Å²) in [5.41, 5.74) is 5.86. The molecule has 0 aromatic carbocycles. The molecule has 0 N–H and O–H groups in total. The molecule has 7 heteroatoms. The Morgan fingerprint density at radius 3 is 2.67 bits per heavy atom. The van der Waals surface area contributed by atoms with E-state index >= 15 is 0 Å². The number of aromatic nitrogens is 4. The molecule has 0 saturated heterocycles. The molecule has 7 nitrogen and oxygen atoms in total. The Balaban J connectivity index is 1.69. The highest BCUT2D eigenvalue weighted by molar-refractivity contribution is 5.96. The Hall–Kier alpha value is -2.83. The highest BCUT2D eigenvalue weighted by atomic mass is 16.3. The van der Waals surface area contributed by atoms with E-state index < -0.39 is 0 Å². The number of aryl methyl sites for hydroxylation is 3. The smallest absolute Gasteiger partial charge is 0.258 e. The number of carbonyl (C=O) groups excluding carboxylic acids is 1. The van der Waals surface area contributed by atoms with Crippen LogP contribution in [-0.4, -0.2) is 30.4 Å². The van der Waals surface area contributed by atoms with Crippen LogP contribution in [0.5, 0.6) is 0 Å². The van der Waals surface area contributed by atoms with E-state index in [1.165, 1.54) is 11.3 Å². The van der Waals surface area contributed by atoms with Crippen molar-refractivity contribution in [3.63, 3.8) is 0 Å². The van der Waals surface area contributed by atoms with Gasteiger partial charge in [-0.3, -0.25) is 14.2 Å². The molecule has 0 fully saturated rings. The number of hydrogen-bond acceptors (Lipinski definition) is 4. The van der Waals surface area contributed by atoms with Gasteiger partial charge >= 0.3 is 0 Å². The Morgan fingerprint density at radius 2 is 2.00 bits per heavy atom. The minimum atomic E-state index is -0.0353. The molecule has 0 saturated carbocycles. The molecule has 0 bridgehead atoms. The van der Waals surface area contributed by atoms with Crippen LogP contribution < -0.4 is 0 Å². The van der Waals surface area contributed by atoms with E-state index in [0.717, 1.165) is 42.1 Å². The molecule has 0 aliphatic heterocycles. The number of fused-ring (bicyclic) bond motifs is 1. The van der Waals surface area contributed by atoms with Gasteiger partial charge in [0.05, 0.1) is 36.3 Å². The standard InChI is InChI=1S/C20H25N5O2/c1-13-19(14(2)23(3)21-13)20(26)25(11-15-7-6-10-27-15)12-17-16-8-5-9-18(16)24(4)22-17/h6-7,10H,5,8-9,11-12H2,1-4H3. The zero-order valence-electron chi connectivity index (χ0n) is 16.3. The van der Waals surface area contributed by atoms with Gasteiger partial charge in [-0.15, -0.1) is 0 Å². The van der Waals surface area contributed by atoms with E-state index in [-0.39, 0.29) is 5.91 Å². The van der Waals surface area contributed by atoms with Gasteiger partial charge in [-0.05, 0) is 50.8 Å². The predicted molar refractivity (Wildman–Crippen MR) is 100 cm³/mol. The highest BCUT2D eigenvalue weighted by Crippen LogP contribution is 2.27. The first-order valence-electron chi connectivity index (χ1n) is 9.31. The van der Waals surface area contributed by atoms with E-state index in [1.54, 1.807) is 10.9 Å². The van der Waals surface area contributed by atoms with E-state index in [4.69, 9.17) is 9.52 Å². The van der Waals surface area contributed by atoms with Crippen LogP contribution in [0.25, 0.3) is 0 Å². The van der Waals surface area contributed by atoms with Gasteiger partial charge in [0.25, 0.3) is 5.91 Å². The van der Waals surface area contributed by atoms with Crippen molar-refractivity contribution in [2.75, 3.05) is 0 Å². The van der Waals surface area contributed by atoms with Crippen molar-refractivity contribution in [3.05, 3.63) is 58.1 Å². The molecule has 3 aromatic rings. The number of furan rings is 1. The molecule has 4 rings (SSSR count). The molecule has 1 aliphatic rings. The topological polar surface area (TPSA) is 69.1 Å². The summed E-state index contributed by atoms with van der Waals surface area (Å²) in [5.74, 6) is 0.724. The lowest BCUT2D eigenvalue weighted by molar-refractivity contribution is 0.0713. The molecule has 27 heavy (non-hydrogen) atoms. The highest BCUT2D eigenvalue weighted by Gasteiger charge is 2.28. The number of hydrogen-bond donors (Lipinski definition) is 0. The number of nitrogens with zero attached hydrogens (tertiary/aromatic N) is 5. The zero-order valence-corrected chi connectivity index (χ0v) is 16.3. The molecule has 0 unspecified atom stereocenters. The van der Waals surface area contributed by atoms with E-state index in [0.29, 0.717) is 18.7 Å². The second-order valence-corrected chi connectivity index (χ2v) is 7.26. The molecule has 3 aromatic heterocycles. The summed E-state index contributed by atoms with van der Waals surface area (Å²) < 4.78 is 9.23. The minimum absolute atomic E-state index is 0.0353. The predicted octanol–water partition coefficient (Wildman–Crippen LogP) is 2.69. The van der Waals surface area contributed by atoms with E-state index in [2.05, 4.69) is 5.10 Å². The molecule has 142 valence electrons. The van der Waals surface area contributed by atoms with Gasteiger partial charge in [-0.25, -0.2) is 0 Å². The molecule has 3 heterocycles. The van der Waals surface area contributed by atoms with Crippen LogP contribution in [0.1, 0.15) is 50.9 Å². The fraction of sp³-hybridized carbons (Fsp3) is 0.450. The third-order valence-corrected chi connectivity index (χ3v) is 5.48. The number of amides is 1. The summed E-state index contributed by atoms with van der Waals surface area (Å²) in [6.45, 7) is 4.68. The third kappa shape index (κ3) is 3.07. The maximum atomic E-state index is 13.4. The summed E-state index contributed by atoms with van der Waals surface area (Å²) in [5, 5.41) is 9.10. The van der Waals surface area contributed by atoms with Gasteiger partial charge in [-0.2, -0.15) is 10.2 Å². The lowest BCUT2D eigenvalue weighted by atomic mass is 10.1. The summed E-state index contributed by atoms with van der Waals surface area (Å²) in [6.07, 6.45) is 4.88. The van der Waals surface area contributed by atoms with Gasteiger partial charge < -0.3 is 9.32 Å². The van der Waals surface area contributed by atoms with Gasteiger partial charge in [0.1, 0.15) is 5.76 Å². The second kappa shape index (κ2) is 6.72. The number of rotatable bonds is 5. The van der Waals surface area contributed by atoms with Gasteiger partial charge in [-0.1, -0.05) is 0 Å². The largest absolute Gasteiger partial charge is 0.467 e. The maximum absolute atomic E-state index is 13.4. The van der Waals surface area contributed by atoms with Gasteiger partial charge in [0.2, 0.25) is 0 Å². The molecule has 0 radical (unpaired) electrons.